The number of unbranched alkanes of at least 4 members (excludes halogenated alkanes) is 2. The number of rotatable bonds is 4. The average molecular weight is 328 g/mol. The van der Waals surface area contributed by atoms with E-state index in [1.807, 2.05) is 19.1 Å². The monoisotopic (exact) mass is 328 g/mol. The lowest BCUT2D eigenvalue weighted by atomic mass is 9.67. The number of aryl methyl sites for hydroxylation is 1. The molecule has 1 aliphatic heterocycles. The van der Waals surface area contributed by atoms with Gasteiger partial charge in [-0.25, -0.2) is 0 Å². The fourth-order valence-electron chi connectivity index (χ4n) is 4.10. The normalized spacial score (nSPS) is 24.7. The maximum absolute atomic E-state index is 12.1. The van der Waals surface area contributed by atoms with Crippen molar-refractivity contribution in [3.05, 3.63) is 34.9 Å². The third-order valence-corrected chi connectivity index (χ3v) is 5.56. The van der Waals surface area contributed by atoms with Crippen molar-refractivity contribution in [3.63, 3.8) is 0 Å². The Bertz CT molecular complexity index is 685. The molecule has 3 heteroatoms. The number of hydrogen-bond acceptors (Lipinski definition) is 3. The number of ether oxygens (including phenoxy) is 1. The third-order valence-electron chi connectivity index (χ3n) is 5.56. The summed E-state index contributed by atoms with van der Waals surface area (Å²) in [6, 6.07) is 3.97. The molecule has 0 unspecified atom stereocenters. The zero-order valence-electron chi connectivity index (χ0n) is 15.2. The van der Waals surface area contributed by atoms with Gasteiger partial charge in [-0.2, -0.15) is 0 Å². The molecule has 1 N–H and O–H groups in total. The van der Waals surface area contributed by atoms with Gasteiger partial charge in [-0.05, 0) is 56.9 Å². The lowest BCUT2D eigenvalue weighted by Gasteiger charge is -2.46. The van der Waals surface area contributed by atoms with Gasteiger partial charge in [0.25, 0.3) is 0 Å². The van der Waals surface area contributed by atoms with Crippen LogP contribution in [-0.2, 0) is 11.2 Å². The third kappa shape index (κ3) is 2.97. The van der Waals surface area contributed by atoms with Gasteiger partial charge in [0.2, 0.25) is 0 Å². The van der Waals surface area contributed by atoms with Crippen molar-refractivity contribution in [2.45, 2.75) is 71.3 Å². The van der Waals surface area contributed by atoms with Crippen molar-refractivity contribution in [1.29, 1.82) is 0 Å². The number of hydrogen-bond donors (Lipinski definition) is 1. The first-order chi connectivity index (χ1) is 11.3. The highest BCUT2D eigenvalue weighted by atomic mass is 16.5. The second-order valence-corrected chi connectivity index (χ2v) is 7.80. The van der Waals surface area contributed by atoms with Gasteiger partial charge in [-0.15, -0.1) is 0 Å². The number of ketones is 1. The van der Waals surface area contributed by atoms with Crippen LogP contribution >= 0.6 is 0 Å². The van der Waals surface area contributed by atoms with Crippen LogP contribution in [-0.4, -0.2) is 16.5 Å². The van der Waals surface area contributed by atoms with E-state index in [0.717, 1.165) is 35.3 Å². The molecule has 0 radical (unpaired) electrons. The maximum atomic E-state index is 12.1. The summed E-state index contributed by atoms with van der Waals surface area (Å²) in [5.74, 6) is 1.39. The lowest BCUT2D eigenvalue weighted by Crippen LogP contribution is -2.46. The van der Waals surface area contributed by atoms with Gasteiger partial charge in [0.1, 0.15) is 17.1 Å². The van der Waals surface area contributed by atoms with Crippen LogP contribution in [0.2, 0.25) is 0 Å². The van der Waals surface area contributed by atoms with Crippen LogP contribution in [0.1, 0.15) is 70.4 Å². The first-order valence-electron chi connectivity index (χ1n) is 9.10. The summed E-state index contributed by atoms with van der Waals surface area (Å²) >= 11 is 0. The molecule has 3 rings (SSSR count). The number of aromatic hydroxyl groups is 1. The van der Waals surface area contributed by atoms with Gasteiger partial charge >= 0.3 is 0 Å². The summed E-state index contributed by atoms with van der Waals surface area (Å²) in [6.45, 7) is 8.17. The van der Waals surface area contributed by atoms with E-state index < -0.39 is 5.60 Å². The van der Waals surface area contributed by atoms with Crippen molar-refractivity contribution in [2.75, 3.05) is 0 Å². The summed E-state index contributed by atoms with van der Waals surface area (Å²) in [4.78, 5) is 12.1. The largest absolute Gasteiger partial charge is 0.507 e. The molecule has 1 heterocycles. The highest BCUT2D eigenvalue weighted by Gasteiger charge is 2.47. The standard InChI is InChI=1S/C21H28O3/c1-5-6-7-8-14-10-18(23)20-15-9-13(2)17(22)12-16(15)21(3,4)24-19(20)11-14/h9-11,15-16,23H,5-8,12H2,1-4H3/t15-,16-/m1/s1. The fraction of sp³-hybridized carbons (Fsp3) is 0.571. The molecule has 2 atom stereocenters. The topological polar surface area (TPSA) is 46.5 Å². The Morgan fingerprint density at radius 2 is 2.04 bits per heavy atom. The van der Waals surface area contributed by atoms with Gasteiger partial charge < -0.3 is 9.84 Å². The zero-order valence-corrected chi connectivity index (χ0v) is 15.2. The number of phenolic OH excluding ortho intramolecular Hbond substituents is 1. The van der Waals surface area contributed by atoms with E-state index in [4.69, 9.17) is 4.74 Å². The maximum Gasteiger partial charge on any atom is 0.158 e. The Kier molecular flexibility index (Phi) is 4.46. The Balaban J connectivity index is 2.02. The van der Waals surface area contributed by atoms with E-state index in [1.165, 1.54) is 12.8 Å². The van der Waals surface area contributed by atoms with Crippen molar-refractivity contribution < 1.29 is 14.6 Å². The number of benzene rings is 1. The van der Waals surface area contributed by atoms with Crippen LogP contribution in [0.15, 0.2) is 23.8 Å². The summed E-state index contributed by atoms with van der Waals surface area (Å²) in [5.41, 5.74) is 2.36. The van der Waals surface area contributed by atoms with Gasteiger partial charge in [0.15, 0.2) is 5.78 Å². The molecule has 0 saturated heterocycles. The van der Waals surface area contributed by atoms with Crippen LogP contribution in [0, 0.1) is 5.92 Å². The van der Waals surface area contributed by atoms with Crippen molar-refractivity contribution in [2.24, 2.45) is 5.92 Å². The second-order valence-electron chi connectivity index (χ2n) is 7.80. The molecule has 0 spiro atoms. The molecule has 1 aromatic rings. The van der Waals surface area contributed by atoms with Crippen LogP contribution in [0.4, 0.5) is 0 Å². The van der Waals surface area contributed by atoms with Crippen LogP contribution in [0.5, 0.6) is 11.5 Å². The number of fused-ring (bicyclic) bond motifs is 3. The van der Waals surface area contributed by atoms with Gasteiger partial charge in [0.05, 0.1) is 0 Å². The Morgan fingerprint density at radius 1 is 1.29 bits per heavy atom. The van der Waals surface area contributed by atoms with Crippen LogP contribution in [0.25, 0.3) is 0 Å². The van der Waals surface area contributed by atoms with E-state index in [0.29, 0.717) is 12.2 Å². The molecule has 0 bridgehead atoms. The van der Waals surface area contributed by atoms with E-state index in [1.54, 1.807) is 0 Å². The van der Waals surface area contributed by atoms with E-state index >= 15 is 0 Å². The Morgan fingerprint density at radius 3 is 2.75 bits per heavy atom. The van der Waals surface area contributed by atoms with E-state index in [9.17, 15) is 9.90 Å². The predicted octanol–water partition coefficient (Wildman–Crippen LogP) is 4.91. The first kappa shape index (κ1) is 17.1. The molecule has 0 amide bonds. The van der Waals surface area contributed by atoms with Gasteiger partial charge in [-0.1, -0.05) is 25.8 Å². The summed E-state index contributed by atoms with van der Waals surface area (Å²) in [7, 11) is 0. The first-order valence-corrected chi connectivity index (χ1v) is 9.10. The van der Waals surface area contributed by atoms with Gasteiger partial charge in [-0.3, -0.25) is 4.79 Å². The van der Waals surface area contributed by atoms with Crippen molar-refractivity contribution in [3.8, 4) is 11.5 Å². The highest BCUT2D eigenvalue weighted by molar-refractivity contribution is 5.96. The minimum atomic E-state index is -0.418. The SMILES string of the molecule is CCCCCc1cc(O)c2c(c1)OC(C)(C)[C@@H]1CC(=O)C(C)=C[C@@H]21. The Hall–Kier alpha value is -1.77. The number of Topliss-reactive ketones (excluding diaryl/α,β-unsaturated/α-hetero) is 1. The van der Waals surface area contributed by atoms with E-state index in [-0.39, 0.29) is 17.6 Å². The number of carbonyl (C=O) groups is 1. The van der Waals surface area contributed by atoms with Crippen molar-refractivity contribution in [1.82, 2.24) is 0 Å². The lowest BCUT2D eigenvalue weighted by molar-refractivity contribution is -0.119. The molecule has 0 saturated carbocycles. The molecular weight excluding hydrogens is 300 g/mol. The smallest absolute Gasteiger partial charge is 0.158 e. The average Bonchev–Trinajstić information content (AvgIpc) is 2.49. The minimum Gasteiger partial charge on any atom is -0.507 e. The molecule has 1 aromatic carbocycles. The van der Waals surface area contributed by atoms with Gasteiger partial charge in [0, 0.05) is 23.8 Å². The minimum absolute atomic E-state index is 0.0474. The fourth-order valence-corrected chi connectivity index (χ4v) is 4.10. The summed E-state index contributed by atoms with van der Waals surface area (Å²) in [5, 5.41) is 10.7. The molecule has 0 aromatic heterocycles. The second kappa shape index (κ2) is 6.27. The molecular formula is C21H28O3. The number of carbonyl (C=O) groups excluding carboxylic acids is 1. The molecule has 130 valence electrons. The highest BCUT2D eigenvalue weighted by Crippen LogP contribution is 2.52. The molecule has 2 aliphatic rings. The van der Waals surface area contributed by atoms with E-state index in [2.05, 4.69) is 26.8 Å². The predicted molar refractivity (Wildman–Crippen MR) is 95.7 cm³/mol. The molecule has 0 fully saturated rings. The van der Waals surface area contributed by atoms with Crippen LogP contribution < -0.4 is 4.74 Å². The molecule has 3 nitrogen and oxygen atoms in total. The number of allylic oxidation sites excluding steroid dienone is 2. The molecule has 1 aliphatic carbocycles. The molecule has 24 heavy (non-hydrogen) atoms. The summed E-state index contributed by atoms with van der Waals surface area (Å²) < 4.78 is 6.26. The quantitative estimate of drug-likeness (QED) is 0.798. The number of phenols is 1. The van der Waals surface area contributed by atoms with Crippen LogP contribution in [0.3, 0.4) is 0 Å². The summed E-state index contributed by atoms with van der Waals surface area (Å²) in [6.07, 6.45) is 6.96. The Labute approximate surface area is 144 Å². The zero-order chi connectivity index (χ0) is 17.5. The van der Waals surface area contributed by atoms with Crippen molar-refractivity contribution >= 4 is 5.78 Å².